The molecule has 0 bridgehead atoms. The van der Waals surface area contributed by atoms with E-state index in [-0.39, 0.29) is 12.0 Å². The van der Waals surface area contributed by atoms with E-state index in [0.717, 1.165) is 13.0 Å². The third kappa shape index (κ3) is 2.05. The van der Waals surface area contributed by atoms with E-state index in [0.29, 0.717) is 12.2 Å². The highest BCUT2D eigenvalue weighted by atomic mass is 16.5. The first kappa shape index (κ1) is 9.08. The van der Waals surface area contributed by atoms with Gasteiger partial charge in [0.1, 0.15) is 5.69 Å². The molecule has 2 rings (SSSR count). The van der Waals surface area contributed by atoms with Gasteiger partial charge in [0.05, 0.1) is 12.3 Å². The molecule has 5 nitrogen and oxygen atoms in total. The molecule has 0 aliphatic carbocycles. The van der Waals surface area contributed by atoms with Gasteiger partial charge in [0.2, 0.25) is 0 Å². The molecule has 14 heavy (non-hydrogen) atoms. The van der Waals surface area contributed by atoms with Crippen LogP contribution in [0.2, 0.25) is 0 Å². The second-order valence-electron chi connectivity index (χ2n) is 3.08. The van der Waals surface area contributed by atoms with Crippen molar-refractivity contribution >= 4 is 5.91 Å². The lowest BCUT2D eigenvalue weighted by molar-refractivity contribution is -0.0473. The number of carbonyl (C=O) groups is 1. The number of amides is 1. The molecule has 1 atom stereocenters. The molecule has 1 amide bonds. The number of hydrogen-bond acceptors (Lipinski definition) is 4. The Morgan fingerprint density at radius 3 is 3.07 bits per heavy atom. The zero-order chi connectivity index (χ0) is 9.80. The van der Waals surface area contributed by atoms with E-state index >= 15 is 0 Å². The molecular weight excluding hydrogens is 182 g/mol. The number of nitrogens with zero attached hydrogens (tertiary/aromatic N) is 2. The van der Waals surface area contributed by atoms with Gasteiger partial charge in [-0.25, -0.2) is 4.98 Å². The van der Waals surface area contributed by atoms with Crippen molar-refractivity contribution in [2.75, 3.05) is 13.2 Å². The van der Waals surface area contributed by atoms with Gasteiger partial charge in [-0.15, -0.1) is 0 Å². The average molecular weight is 193 g/mol. The summed E-state index contributed by atoms with van der Waals surface area (Å²) in [6.45, 7) is 1.35. The molecule has 0 aromatic carbocycles. The molecule has 5 heteroatoms. The van der Waals surface area contributed by atoms with Crippen LogP contribution < -0.4 is 5.32 Å². The van der Waals surface area contributed by atoms with Gasteiger partial charge >= 0.3 is 0 Å². The Hall–Kier alpha value is -1.49. The summed E-state index contributed by atoms with van der Waals surface area (Å²) in [6.07, 6.45) is 5.66. The number of rotatable bonds is 3. The highest BCUT2D eigenvalue weighted by molar-refractivity contribution is 5.91. The Balaban J connectivity index is 1.83. The van der Waals surface area contributed by atoms with Crippen LogP contribution in [0, 0.1) is 0 Å². The van der Waals surface area contributed by atoms with E-state index in [4.69, 9.17) is 4.74 Å². The van der Waals surface area contributed by atoms with Crippen LogP contribution >= 0.6 is 0 Å². The van der Waals surface area contributed by atoms with Gasteiger partial charge in [-0.1, -0.05) is 0 Å². The van der Waals surface area contributed by atoms with Crippen molar-refractivity contribution in [3.05, 3.63) is 24.3 Å². The molecule has 1 aliphatic heterocycles. The minimum atomic E-state index is -0.200. The molecule has 0 radical (unpaired) electrons. The van der Waals surface area contributed by atoms with E-state index in [2.05, 4.69) is 15.3 Å². The predicted molar refractivity (Wildman–Crippen MR) is 48.7 cm³/mol. The van der Waals surface area contributed by atoms with Crippen LogP contribution in [0.3, 0.4) is 0 Å². The zero-order valence-corrected chi connectivity index (χ0v) is 7.64. The van der Waals surface area contributed by atoms with Gasteiger partial charge in [-0.2, -0.15) is 0 Å². The Morgan fingerprint density at radius 2 is 2.50 bits per heavy atom. The predicted octanol–water partition coefficient (Wildman–Crippen LogP) is -0.00470. The van der Waals surface area contributed by atoms with Gasteiger partial charge in [-0.05, 0) is 6.42 Å². The molecule has 1 fully saturated rings. The number of ether oxygens (including phenoxy) is 1. The normalized spacial score (nSPS) is 19.9. The fourth-order valence-corrected chi connectivity index (χ4v) is 1.16. The third-order valence-corrected chi connectivity index (χ3v) is 2.08. The molecule has 1 aliphatic rings. The minimum Gasteiger partial charge on any atom is -0.376 e. The smallest absolute Gasteiger partial charge is 0.271 e. The molecule has 1 saturated heterocycles. The molecule has 0 spiro atoms. The van der Waals surface area contributed by atoms with Gasteiger partial charge in [-0.3, -0.25) is 9.78 Å². The molecule has 1 N–H and O–H groups in total. The van der Waals surface area contributed by atoms with Crippen molar-refractivity contribution < 1.29 is 9.53 Å². The lowest BCUT2D eigenvalue weighted by atomic mass is 10.2. The highest BCUT2D eigenvalue weighted by Crippen LogP contribution is 2.08. The molecule has 0 unspecified atom stereocenters. The van der Waals surface area contributed by atoms with Crippen LogP contribution in [0.5, 0.6) is 0 Å². The summed E-state index contributed by atoms with van der Waals surface area (Å²) in [6, 6.07) is 0. The largest absolute Gasteiger partial charge is 0.376 e. The standard InChI is InChI=1S/C9H11N3O2/c13-9(8-6-10-2-3-11-8)12-5-7-1-4-14-7/h2-3,6-7H,1,4-5H2,(H,12,13)/t7-/m1/s1. The van der Waals surface area contributed by atoms with E-state index in [1.165, 1.54) is 18.6 Å². The topological polar surface area (TPSA) is 64.1 Å². The second-order valence-corrected chi connectivity index (χ2v) is 3.08. The SMILES string of the molecule is O=C(NC[C@H]1CCO1)c1cnccn1. The van der Waals surface area contributed by atoms with Crippen molar-refractivity contribution in [2.24, 2.45) is 0 Å². The highest BCUT2D eigenvalue weighted by Gasteiger charge is 2.19. The second kappa shape index (κ2) is 4.15. The zero-order valence-electron chi connectivity index (χ0n) is 7.64. The average Bonchev–Trinajstić information content (AvgIpc) is 2.16. The number of nitrogens with one attached hydrogen (secondary N) is 1. The first-order valence-electron chi connectivity index (χ1n) is 4.52. The monoisotopic (exact) mass is 193 g/mol. The van der Waals surface area contributed by atoms with Crippen molar-refractivity contribution in [2.45, 2.75) is 12.5 Å². The summed E-state index contributed by atoms with van der Waals surface area (Å²) in [5, 5.41) is 2.73. The number of aromatic nitrogens is 2. The first-order valence-corrected chi connectivity index (χ1v) is 4.52. The molecule has 74 valence electrons. The summed E-state index contributed by atoms with van der Waals surface area (Å²) in [7, 11) is 0. The summed E-state index contributed by atoms with van der Waals surface area (Å²) in [5.74, 6) is -0.200. The van der Waals surface area contributed by atoms with E-state index in [1.54, 1.807) is 0 Å². The van der Waals surface area contributed by atoms with Gasteiger partial charge in [0.25, 0.3) is 5.91 Å². The van der Waals surface area contributed by atoms with Crippen LogP contribution in [0.1, 0.15) is 16.9 Å². The van der Waals surface area contributed by atoms with E-state index in [9.17, 15) is 4.79 Å². The van der Waals surface area contributed by atoms with Crippen molar-refractivity contribution in [1.29, 1.82) is 0 Å². The van der Waals surface area contributed by atoms with Crippen molar-refractivity contribution in [3.63, 3.8) is 0 Å². The quantitative estimate of drug-likeness (QED) is 0.733. The molecular formula is C9H11N3O2. The maximum absolute atomic E-state index is 11.4. The number of carbonyl (C=O) groups excluding carboxylic acids is 1. The third-order valence-electron chi connectivity index (χ3n) is 2.08. The minimum absolute atomic E-state index is 0.177. The fraction of sp³-hybridized carbons (Fsp3) is 0.444. The van der Waals surface area contributed by atoms with Crippen LogP contribution in [-0.2, 0) is 4.74 Å². The molecule has 1 aromatic heterocycles. The van der Waals surface area contributed by atoms with Crippen molar-refractivity contribution in [3.8, 4) is 0 Å². The van der Waals surface area contributed by atoms with Crippen LogP contribution in [0.4, 0.5) is 0 Å². The lowest BCUT2D eigenvalue weighted by Crippen LogP contribution is -2.39. The Kier molecular flexibility index (Phi) is 2.69. The van der Waals surface area contributed by atoms with Crippen molar-refractivity contribution in [1.82, 2.24) is 15.3 Å². The van der Waals surface area contributed by atoms with E-state index < -0.39 is 0 Å². The molecule has 2 heterocycles. The van der Waals surface area contributed by atoms with Crippen LogP contribution in [0.15, 0.2) is 18.6 Å². The Bertz CT molecular complexity index is 311. The summed E-state index contributed by atoms with van der Waals surface area (Å²) >= 11 is 0. The van der Waals surface area contributed by atoms with Gasteiger partial charge in [0, 0.05) is 25.5 Å². The molecule has 1 aromatic rings. The van der Waals surface area contributed by atoms with Gasteiger partial charge < -0.3 is 10.1 Å². The van der Waals surface area contributed by atoms with Gasteiger partial charge in [0.15, 0.2) is 0 Å². The maximum atomic E-state index is 11.4. The lowest BCUT2D eigenvalue weighted by Gasteiger charge is -2.26. The van der Waals surface area contributed by atoms with E-state index in [1.807, 2.05) is 0 Å². The van der Waals surface area contributed by atoms with Crippen LogP contribution in [0.25, 0.3) is 0 Å². The van der Waals surface area contributed by atoms with Crippen LogP contribution in [-0.4, -0.2) is 35.1 Å². The summed E-state index contributed by atoms with van der Waals surface area (Å²) < 4.78 is 5.17. The Morgan fingerprint density at radius 1 is 1.64 bits per heavy atom. The molecule has 0 saturated carbocycles. The summed E-state index contributed by atoms with van der Waals surface area (Å²) in [5.41, 5.74) is 0.340. The first-order chi connectivity index (χ1) is 6.86. The Labute approximate surface area is 81.5 Å². The maximum Gasteiger partial charge on any atom is 0.271 e. The fourth-order valence-electron chi connectivity index (χ4n) is 1.16. The summed E-state index contributed by atoms with van der Waals surface area (Å²) in [4.78, 5) is 19.1. The number of hydrogen-bond donors (Lipinski definition) is 1.